The van der Waals surface area contributed by atoms with E-state index in [2.05, 4.69) is 37.4 Å². The molecule has 1 atom stereocenters. The highest BCUT2D eigenvalue weighted by molar-refractivity contribution is 5.85. The van der Waals surface area contributed by atoms with Crippen molar-refractivity contribution in [1.82, 2.24) is 5.32 Å². The molecule has 0 aliphatic rings. The van der Waals surface area contributed by atoms with Crippen LogP contribution in [0.25, 0.3) is 0 Å². The lowest BCUT2D eigenvalue weighted by atomic mass is 10.0. The molecule has 0 heterocycles. The molecule has 0 aliphatic carbocycles. The van der Waals surface area contributed by atoms with Gasteiger partial charge in [0.15, 0.2) is 0 Å². The predicted octanol–water partition coefficient (Wildman–Crippen LogP) is 1.73. The van der Waals surface area contributed by atoms with Gasteiger partial charge in [-0.1, -0.05) is 23.8 Å². The molecule has 1 aromatic carbocycles. The third kappa shape index (κ3) is 5.20. The van der Waals surface area contributed by atoms with Crippen molar-refractivity contribution < 1.29 is 4.79 Å². The van der Waals surface area contributed by atoms with Gasteiger partial charge in [-0.05, 0) is 38.3 Å². The molecule has 0 aromatic heterocycles. The number of nitrogens with two attached hydrogens (primary N) is 1. The third-order valence-corrected chi connectivity index (χ3v) is 2.61. The first-order chi connectivity index (χ1) is 7.50. The molecule has 3 nitrogen and oxygen atoms in total. The fraction of sp³-hybridized carbons (Fsp3) is 0.462. The first-order valence-electron chi connectivity index (χ1n) is 5.60. The van der Waals surface area contributed by atoms with Crippen molar-refractivity contribution in [2.75, 3.05) is 6.54 Å². The smallest absolute Gasteiger partial charge is 0.236 e. The van der Waals surface area contributed by atoms with Crippen LogP contribution in [0.2, 0.25) is 0 Å². The fourth-order valence-electron chi connectivity index (χ4n) is 1.61. The van der Waals surface area contributed by atoms with E-state index in [1.54, 1.807) is 6.92 Å². The standard InChI is InChI=1S/C13H20N2O.ClH/c1-9-4-5-12(10(2)8-9)6-7-15-13(16)11(3)14;/h4-5,8,11H,6-7,14H2,1-3H3,(H,15,16);1H. The lowest BCUT2D eigenvalue weighted by Gasteiger charge is -2.09. The van der Waals surface area contributed by atoms with Crippen molar-refractivity contribution in [1.29, 1.82) is 0 Å². The summed E-state index contributed by atoms with van der Waals surface area (Å²) in [5.74, 6) is -0.0928. The van der Waals surface area contributed by atoms with Crippen molar-refractivity contribution in [2.24, 2.45) is 5.73 Å². The summed E-state index contributed by atoms with van der Waals surface area (Å²) in [5, 5.41) is 2.81. The Morgan fingerprint density at radius 2 is 2.06 bits per heavy atom. The van der Waals surface area contributed by atoms with Gasteiger partial charge in [-0.2, -0.15) is 0 Å². The predicted molar refractivity (Wildman–Crippen MR) is 73.5 cm³/mol. The minimum Gasteiger partial charge on any atom is -0.354 e. The van der Waals surface area contributed by atoms with Gasteiger partial charge in [0.25, 0.3) is 0 Å². The van der Waals surface area contributed by atoms with Gasteiger partial charge in [0.1, 0.15) is 0 Å². The monoisotopic (exact) mass is 256 g/mol. The molecule has 1 unspecified atom stereocenters. The molecule has 3 N–H and O–H groups in total. The van der Waals surface area contributed by atoms with Crippen molar-refractivity contribution in [3.63, 3.8) is 0 Å². The minimum atomic E-state index is -0.431. The molecule has 1 aromatic rings. The molecule has 0 saturated heterocycles. The highest BCUT2D eigenvalue weighted by Crippen LogP contribution is 2.10. The van der Waals surface area contributed by atoms with E-state index in [1.807, 2.05) is 0 Å². The van der Waals surface area contributed by atoms with Crippen molar-refractivity contribution in [2.45, 2.75) is 33.2 Å². The van der Waals surface area contributed by atoms with E-state index in [0.29, 0.717) is 6.54 Å². The van der Waals surface area contributed by atoms with Gasteiger partial charge in [0, 0.05) is 6.54 Å². The maximum atomic E-state index is 11.2. The number of carbonyl (C=O) groups excluding carboxylic acids is 1. The Balaban J connectivity index is 0.00000256. The number of halogens is 1. The lowest BCUT2D eigenvalue weighted by Crippen LogP contribution is -2.39. The maximum absolute atomic E-state index is 11.2. The number of hydrogen-bond donors (Lipinski definition) is 2. The summed E-state index contributed by atoms with van der Waals surface area (Å²) in [6.07, 6.45) is 0.852. The first-order valence-corrected chi connectivity index (χ1v) is 5.60. The number of hydrogen-bond acceptors (Lipinski definition) is 2. The highest BCUT2D eigenvalue weighted by atomic mass is 35.5. The second-order valence-electron chi connectivity index (χ2n) is 4.26. The number of rotatable bonds is 4. The molecule has 0 saturated carbocycles. The molecule has 0 aliphatic heterocycles. The van der Waals surface area contributed by atoms with Crippen LogP contribution in [0, 0.1) is 13.8 Å². The summed E-state index contributed by atoms with van der Waals surface area (Å²) in [6, 6.07) is 5.93. The topological polar surface area (TPSA) is 55.1 Å². The second kappa shape index (κ2) is 7.30. The van der Waals surface area contributed by atoms with Crippen molar-refractivity contribution in [3.8, 4) is 0 Å². The van der Waals surface area contributed by atoms with Gasteiger partial charge < -0.3 is 11.1 Å². The highest BCUT2D eigenvalue weighted by Gasteiger charge is 2.06. The van der Waals surface area contributed by atoms with Gasteiger partial charge in [-0.15, -0.1) is 12.4 Å². The van der Waals surface area contributed by atoms with Gasteiger partial charge >= 0.3 is 0 Å². The van der Waals surface area contributed by atoms with E-state index >= 15 is 0 Å². The molecular weight excluding hydrogens is 236 g/mol. The van der Waals surface area contributed by atoms with Crippen molar-refractivity contribution >= 4 is 18.3 Å². The van der Waals surface area contributed by atoms with Crippen LogP contribution in [0.4, 0.5) is 0 Å². The number of amides is 1. The Bertz CT molecular complexity index is 378. The molecule has 1 amide bonds. The van der Waals surface area contributed by atoms with Crippen LogP contribution in [-0.2, 0) is 11.2 Å². The lowest BCUT2D eigenvalue weighted by molar-refractivity contribution is -0.121. The number of aryl methyl sites for hydroxylation is 2. The van der Waals surface area contributed by atoms with E-state index in [0.717, 1.165) is 6.42 Å². The molecule has 4 heteroatoms. The van der Waals surface area contributed by atoms with Crippen LogP contribution < -0.4 is 11.1 Å². The molecule has 0 spiro atoms. The molecule has 17 heavy (non-hydrogen) atoms. The maximum Gasteiger partial charge on any atom is 0.236 e. The summed E-state index contributed by atoms with van der Waals surface area (Å²) < 4.78 is 0. The first kappa shape index (κ1) is 15.9. The van der Waals surface area contributed by atoms with Crippen LogP contribution in [0.1, 0.15) is 23.6 Å². The summed E-state index contributed by atoms with van der Waals surface area (Å²) in [7, 11) is 0. The molecule has 0 bridgehead atoms. The molecule has 1 rings (SSSR count). The Labute approximate surface area is 109 Å². The Kier molecular flexibility index (Phi) is 6.85. The average Bonchev–Trinajstić information content (AvgIpc) is 2.20. The quantitative estimate of drug-likeness (QED) is 0.862. The fourth-order valence-corrected chi connectivity index (χ4v) is 1.61. The van der Waals surface area contributed by atoms with Gasteiger partial charge in [-0.25, -0.2) is 0 Å². The molecule has 0 fully saturated rings. The minimum absolute atomic E-state index is 0. The molecule has 96 valence electrons. The van der Waals surface area contributed by atoms with E-state index in [1.165, 1.54) is 16.7 Å². The van der Waals surface area contributed by atoms with Crippen molar-refractivity contribution in [3.05, 3.63) is 34.9 Å². The van der Waals surface area contributed by atoms with Crippen LogP contribution in [0.15, 0.2) is 18.2 Å². The molecule has 0 radical (unpaired) electrons. The largest absolute Gasteiger partial charge is 0.354 e. The second-order valence-corrected chi connectivity index (χ2v) is 4.26. The van der Waals surface area contributed by atoms with Crippen LogP contribution in [0.5, 0.6) is 0 Å². The van der Waals surface area contributed by atoms with E-state index < -0.39 is 6.04 Å². The van der Waals surface area contributed by atoms with Crippen LogP contribution >= 0.6 is 12.4 Å². The van der Waals surface area contributed by atoms with E-state index in [9.17, 15) is 4.79 Å². The Morgan fingerprint density at radius 3 is 2.59 bits per heavy atom. The molecular formula is C13H21ClN2O. The number of nitrogens with one attached hydrogen (secondary N) is 1. The third-order valence-electron chi connectivity index (χ3n) is 2.61. The number of benzene rings is 1. The van der Waals surface area contributed by atoms with E-state index in [-0.39, 0.29) is 18.3 Å². The zero-order chi connectivity index (χ0) is 12.1. The zero-order valence-electron chi connectivity index (χ0n) is 10.6. The average molecular weight is 257 g/mol. The van der Waals surface area contributed by atoms with Gasteiger partial charge in [0.2, 0.25) is 5.91 Å². The summed E-state index contributed by atoms with van der Waals surface area (Å²) >= 11 is 0. The number of carbonyl (C=O) groups is 1. The van der Waals surface area contributed by atoms with Crippen LogP contribution in [0.3, 0.4) is 0 Å². The summed E-state index contributed by atoms with van der Waals surface area (Å²) in [6.45, 7) is 6.50. The SMILES string of the molecule is Cc1ccc(CCNC(=O)C(C)N)c(C)c1.Cl. The Hall–Kier alpha value is -1.06. The van der Waals surface area contributed by atoms with E-state index in [4.69, 9.17) is 5.73 Å². The summed E-state index contributed by atoms with van der Waals surface area (Å²) in [4.78, 5) is 11.2. The van der Waals surface area contributed by atoms with Gasteiger partial charge in [-0.3, -0.25) is 4.79 Å². The van der Waals surface area contributed by atoms with Gasteiger partial charge in [0.05, 0.1) is 6.04 Å². The normalized spacial score (nSPS) is 11.5. The summed E-state index contributed by atoms with van der Waals surface area (Å²) in [5.41, 5.74) is 9.26. The Morgan fingerprint density at radius 1 is 1.41 bits per heavy atom. The van der Waals surface area contributed by atoms with Crippen LogP contribution in [-0.4, -0.2) is 18.5 Å². The zero-order valence-corrected chi connectivity index (χ0v) is 11.4.